The maximum atomic E-state index is 4.48. The van der Waals surface area contributed by atoms with E-state index in [2.05, 4.69) is 81.1 Å². The standard InChI is InChI=1S/C17H13IN2/c18-17(14-8-3-1-4-9-14,15-10-5-2-6-11-15)16-19-12-7-13-20-16/h1-13H. The molecule has 2 nitrogen and oxygen atoms in total. The van der Waals surface area contributed by atoms with Gasteiger partial charge < -0.3 is 0 Å². The number of hydrogen-bond donors (Lipinski definition) is 0. The van der Waals surface area contributed by atoms with Crippen molar-refractivity contribution in [2.75, 3.05) is 0 Å². The highest BCUT2D eigenvalue weighted by Gasteiger charge is 2.35. The number of aromatic nitrogens is 2. The van der Waals surface area contributed by atoms with E-state index < -0.39 is 0 Å². The lowest BCUT2D eigenvalue weighted by Gasteiger charge is -2.27. The Morgan fingerprint density at radius 1 is 0.650 bits per heavy atom. The molecule has 0 saturated carbocycles. The molecule has 0 saturated heterocycles. The molecule has 0 atom stereocenters. The molecule has 1 heterocycles. The maximum absolute atomic E-state index is 4.48. The van der Waals surface area contributed by atoms with Crippen LogP contribution in [0.4, 0.5) is 0 Å². The number of benzene rings is 2. The van der Waals surface area contributed by atoms with Gasteiger partial charge >= 0.3 is 0 Å². The van der Waals surface area contributed by atoms with Crippen molar-refractivity contribution in [3.63, 3.8) is 0 Å². The molecule has 0 spiro atoms. The summed E-state index contributed by atoms with van der Waals surface area (Å²) < 4.78 is -0.373. The van der Waals surface area contributed by atoms with Crippen molar-refractivity contribution in [3.8, 4) is 0 Å². The normalized spacial score (nSPS) is 11.2. The zero-order valence-corrected chi connectivity index (χ0v) is 12.9. The lowest BCUT2D eigenvalue weighted by Crippen LogP contribution is -2.24. The number of nitrogens with zero attached hydrogens (tertiary/aromatic N) is 2. The fourth-order valence-corrected chi connectivity index (χ4v) is 3.24. The smallest absolute Gasteiger partial charge is 0.153 e. The molecule has 0 N–H and O–H groups in total. The Morgan fingerprint density at radius 3 is 1.55 bits per heavy atom. The van der Waals surface area contributed by atoms with Gasteiger partial charge in [-0.3, -0.25) is 0 Å². The molecule has 0 unspecified atom stereocenters. The van der Waals surface area contributed by atoms with Gasteiger partial charge in [-0.05, 0) is 17.2 Å². The maximum Gasteiger partial charge on any atom is 0.153 e. The molecule has 3 heteroatoms. The molecule has 0 amide bonds. The Bertz CT molecular complexity index is 572. The van der Waals surface area contributed by atoms with Crippen LogP contribution in [0.3, 0.4) is 0 Å². The predicted molar refractivity (Wildman–Crippen MR) is 88.8 cm³/mol. The van der Waals surface area contributed by atoms with Crippen LogP contribution < -0.4 is 0 Å². The van der Waals surface area contributed by atoms with Gasteiger partial charge in [-0.15, -0.1) is 0 Å². The van der Waals surface area contributed by atoms with E-state index in [0.717, 1.165) is 5.82 Å². The van der Waals surface area contributed by atoms with Crippen LogP contribution in [0.2, 0.25) is 0 Å². The third-order valence-corrected chi connectivity index (χ3v) is 4.95. The first-order valence-corrected chi connectivity index (χ1v) is 7.47. The van der Waals surface area contributed by atoms with Crippen molar-refractivity contribution in [1.29, 1.82) is 0 Å². The molecule has 0 radical (unpaired) electrons. The molecule has 20 heavy (non-hydrogen) atoms. The van der Waals surface area contributed by atoms with Crippen molar-refractivity contribution in [2.24, 2.45) is 0 Å². The van der Waals surface area contributed by atoms with Crippen LogP contribution in [0.15, 0.2) is 79.1 Å². The number of rotatable bonds is 3. The molecule has 0 fully saturated rings. The Labute approximate surface area is 132 Å². The van der Waals surface area contributed by atoms with Crippen molar-refractivity contribution in [1.82, 2.24) is 9.97 Å². The minimum absolute atomic E-state index is 0.373. The summed E-state index contributed by atoms with van der Waals surface area (Å²) in [7, 11) is 0. The second-order valence-corrected chi connectivity index (χ2v) is 6.08. The minimum atomic E-state index is -0.373. The molecule has 3 rings (SSSR count). The van der Waals surface area contributed by atoms with Crippen molar-refractivity contribution < 1.29 is 0 Å². The summed E-state index contributed by atoms with van der Waals surface area (Å²) in [6, 6.07) is 22.6. The lowest BCUT2D eigenvalue weighted by atomic mass is 9.90. The van der Waals surface area contributed by atoms with Gasteiger partial charge in [0.1, 0.15) is 3.42 Å². The first-order chi connectivity index (χ1) is 9.82. The van der Waals surface area contributed by atoms with Gasteiger partial charge in [0.15, 0.2) is 5.82 Å². The fourth-order valence-electron chi connectivity index (χ4n) is 2.24. The zero-order chi connectivity index (χ0) is 13.8. The average molecular weight is 372 g/mol. The van der Waals surface area contributed by atoms with Gasteiger partial charge in [-0.2, -0.15) is 0 Å². The third-order valence-electron chi connectivity index (χ3n) is 3.22. The summed E-state index contributed by atoms with van der Waals surface area (Å²) in [4.78, 5) is 8.97. The van der Waals surface area contributed by atoms with Crippen LogP contribution in [-0.4, -0.2) is 9.97 Å². The van der Waals surface area contributed by atoms with Gasteiger partial charge in [0.25, 0.3) is 0 Å². The highest BCUT2D eigenvalue weighted by atomic mass is 127. The van der Waals surface area contributed by atoms with E-state index in [-0.39, 0.29) is 3.42 Å². The predicted octanol–water partition coefficient (Wildman–Crippen LogP) is 4.20. The molecule has 98 valence electrons. The quantitative estimate of drug-likeness (QED) is 0.509. The summed E-state index contributed by atoms with van der Waals surface area (Å²) in [5.41, 5.74) is 2.36. The molecule has 2 aromatic carbocycles. The van der Waals surface area contributed by atoms with Crippen LogP contribution in [0, 0.1) is 0 Å². The number of hydrogen-bond acceptors (Lipinski definition) is 2. The van der Waals surface area contributed by atoms with Crippen LogP contribution in [0.1, 0.15) is 17.0 Å². The largest absolute Gasteiger partial charge is 0.239 e. The summed E-state index contributed by atoms with van der Waals surface area (Å²) >= 11 is 2.45. The molecular weight excluding hydrogens is 359 g/mol. The molecular formula is C17H13IN2. The van der Waals surface area contributed by atoms with E-state index in [9.17, 15) is 0 Å². The van der Waals surface area contributed by atoms with Gasteiger partial charge in [0.2, 0.25) is 0 Å². The molecule has 3 aromatic rings. The number of alkyl halides is 1. The number of halogens is 1. The summed E-state index contributed by atoms with van der Waals surface area (Å²) in [5, 5.41) is 0. The van der Waals surface area contributed by atoms with Crippen LogP contribution >= 0.6 is 22.6 Å². The molecule has 0 aliphatic rings. The second-order valence-electron chi connectivity index (χ2n) is 4.46. The summed E-state index contributed by atoms with van der Waals surface area (Å²) in [5.74, 6) is 0.804. The Kier molecular flexibility index (Phi) is 3.78. The Morgan fingerprint density at radius 2 is 1.10 bits per heavy atom. The highest BCUT2D eigenvalue weighted by Crippen LogP contribution is 2.43. The third kappa shape index (κ3) is 2.33. The van der Waals surface area contributed by atoms with E-state index >= 15 is 0 Å². The second kappa shape index (κ2) is 5.71. The average Bonchev–Trinajstić information content (AvgIpc) is 2.56. The Hall–Kier alpha value is -1.75. The lowest BCUT2D eigenvalue weighted by molar-refractivity contribution is 0.826. The van der Waals surface area contributed by atoms with E-state index in [4.69, 9.17) is 0 Å². The van der Waals surface area contributed by atoms with Crippen molar-refractivity contribution in [3.05, 3.63) is 96.1 Å². The summed E-state index contributed by atoms with van der Waals surface area (Å²) in [6.45, 7) is 0. The molecule has 0 aliphatic heterocycles. The highest BCUT2D eigenvalue weighted by molar-refractivity contribution is 14.1. The van der Waals surface area contributed by atoms with E-state index in [1.54, 1.807) is 12.4 Å². The fraction of sp³-hybridized carbons (Fsp3) is 0.0588. The van der Waals surface area contributed by atoms with E-state index in [0.29, 0.717) is 0 Å². The van der Waals surface area contributed by atoms with Gasteiger partial charge in [0, 0.05) is 12.4 Å². The zero-order valence-electron chi connectivity index (χ0n) is 10.8. The first kappa shape index (κ1) is 13.2. The van der Waals surface area contributed by atoms with Crippen LogP contribution in [-0.2, 0) is 3.42 Å². The van der Waals surface area contributed by atoms with Crippen molar-refractivity contribution >= 4 is 22.6 Å². The monoisotopic (exact) mass is 372 g/mol. The summed E-state index contributed by atoms with van der Waals surface area (Å²) in [6.07, 6.45) is 3.59. The van der Waals surface area contributed by atoms with Crippen LogP contribution in [0.5, 0.6) is 0 Å². The van der Waals surface area contributed by atoms with Crippen molar-refractivity contribution in [2.45, 2.75) is 3.42 Å². The van der Waals surface area contributed by atoms with Gasteiger partial charge in [-0.1, -0.05) is 83.3 Å². The van der Waals surface area contributed by atoms with E-state index in [1.165, 1.54) is 11.1 Å². The SMILES string of the molecule is IC(c1ccccc1)(c1ccccc1)c1ncccn1. The Balaban J connectivity index is 2.24. The molecule has 0 bridgehead atoms. The van der Waals surface area contributed by atoms with E-state index in [1.807, 2.05) is 18.2 Å². The molecule has 1 aromatic heterocycles. The van der Waals surface area contributed by atoms with Crippen LogP contribution in [0.25, 0.3) is 0 Å². The first-order valence-electron chi connectivity index (χ1n) is 6.39. The van der Waals surface area contributed by atoms with Gasteiger partial charge in [-0.25, -0.2) is 9.97 Å². The van der Waals surface area contributed by atoms with Gasteiger partial charge in [0.05, 0.1) is 0 Å². The minimum Gasteiger partial charge on any atom is -0.239 e. The topological polar surface area (TPSA) is 25.8 Å². The molecule has 0 aliphatic carbocycles.